The zero-order chi connectivity index (χ0) is 13.4. The number of fused-ring (bicyclic) bond motifs is 3. The van der Waals surface area contributed by atoms with Gasteiger partial charge in [0.1, 0.15) is 0 Å². The average Bonchev–Trinajstić information content (AvgIpc) is 2.55. The van der Waals surface area contributed by atoms with Crippen LogP contribution in [0.3, 0.4) is 0 Å². The van der Waals surface area contributed by atoms with Gasteiger partial charge in [-0.25, -0.2) is 0 Å². The molecular formula is C18H20N2. The minimum atomic E-state index is 0.443. The van der Waals surface area contributed by atoms with E-state index < -0.39 is 0 Å². The maximum atomic E-state index is 3.78. The molecule has 0 saturated carbocycles. The highest BCUT2D eigenvalue weighted by atomic mass is 15.0. The van der Waals surface area contributed by atoms with Crippen molar-refractivity contribution in [3.05, 3.63) is 59.2 Å². The van der Waals surface area contributed by atoms with Gasteiger partial charge in [0.2, 0.25) is 0 Å². The van der Waals surface area contributed by atoms with Gasteiger partial charge in [0.15, 0.2) is 0 Å². The van der Waals surface area contributed by atoms with Crippen molar-refractivity contribution in [1.29, 1.82) is 0 Å². The highest BCUT2D eigenvalue weighted by Crippen LogP contribution is 2.40. The van der Waals surface area contributed by atoms with Gasteiger partial charge in [-0.2, -0.15) is 0 Å². The predicted molar refractivity (Wildman–Crippen MR) is 84.4 cm³/mol. The largest absolute Gasteiger partial charge is 0.383 e. The van der Waals surface area contributed by atoms with E-state index in [4.69, 9.17) is 0 Å². The molecule has 2 heteroatoms. The van der Waals surface area contributed by atoms with Crippen LogP contribution in [0, 0.1) is 0 Å². The standard InChI is InChI=1S/C18H20N2/c1-2-5-13(6-3-1)16-11-10-15-9-8-14-7-4-12-19-17(14)18(15)20-16/h1-3,5-6,8-9,16,19-20H,4,7,10-12H2. The first-order valence-electron chi connectivity index (χ1n) is 7.62. The summed E-state index contributed by atoms with van der Waals surface area (Å²) in [6.07, 6.45) is 4.79. The Balaban J connectivity index is 1.71. The molecule has 2 nitrogen and oxygen atoms in total. The van der Waals surface area contributed by atoms with Crippen LogP contribution in [0.15, 0.2) is 42.5 Å². The van der Waals surface area contributed by atoms with E-state index in [1.807, 2.05) is 0 Å². The van der Waals surface area contributed by atoms with Gasteiger partial charge < -0.3 is 10.6 Å². The van der Waals surface area contributed by atoms with E-state index >= 15 is 0 Å². The summed E-state index contributed by atoms with van der Waals surface area (Å²) in [6, 6.07) is 15.9. The van der Waals surface area contributed by atoms with Crippen molar-refractivity contribution < 1.29 is 0 Å². The van der Waals surface area contributed by atoms with Crippen molar-refractivity contribution in [3.63, 3.8) is 0 Å². The lowest BCUT2D eigenvalue weighted by molar-refractivity contribution is 0.666. The van der Waals surface area contributed by atoms with E-state index in [2.05, 4.69) is 53.1 Å². The Morgan fingerprint density at radius 3 is 2.50 bits per heavy atom. The fourth-order valence-corrected chi connectivity index (χ4v) is 3.45. The maximum Gasteiger partial charge on any atom is 0.0616 e. The highest BCUT2D eigenvalue weighted by Gasteiger charge is 2.23. The third kappa shape index (κ3) is 1.96. The smallest absolute Gasteiger partial charge is 0.0616 e. The van der Waals surface area contributed by atoms with Gasteiger partial charge in [0.05, 0.1) is 17.4 Å². The second-order valence-corrected chi connectivity index (χ2v) is 5.81. The molecule has 0 saturated heterocycles. The second-order valence-electron chi connectivity index (χ2n) is 5.81. The fraction of sp³-hybridized carbons (Fsp3) is 0.333. The van der Waals surface area contributed by atoms with E-state index in [-0.39, 0.29) is 0 Å². The van der Waals surface area contributed by atoms with Crippen molar-refractivity contribution in [1.82, 2.24) is 0 Å². The monoisotopic (exact) mass is 264 g/mol. The maximum absolute atomic E-state index is 3.78. The lowest BCUT2D eigenvalue weighted by Gasteiger charge is -2.32. The van der Waals surface area contributed by atoms with Crippen LogP contribution in [0.4, 0.5) is 11.4 Å². The molecule has 2 aromatic carbocycles. The molecule has 102 valence electrons. The van der Waals surface area contributed by atoms with Gasteiger partial charge in [0.25, 0.3) is 0 Å². The summed E-state index contributed by atoms with van der Waals surface area (Å²) >= 11 is 0. The Morgan fingerprint density at radius 1 is 0.850 bits per heavy atom. The van der Waals surface area contributed by atoms with Gasteiger partial charge in [-0.05, 0) is 42.4 Å². The van der Waals surface area contributed by atoms with E-state index in [9.17, 15) is 0 Å². The lowest BCUT2D eigenvalue weighted by Crippen LogP contribution is -2.22. The van der Waals surface area contributed by atoms with E-state index in [1.165, 1.54) is 47.3 Å². The first-order valence-corrected chi connectivity index (χ1v) is 7.62. The molecule has 2 aliphatic heterocycles. The first-order chi connectivity index (χ1) is 9.92. The van der Waals surface area contributed by atoms with E-state index in [0.29, 0.717) is 6.04 Å². The molecule has 2 aromatic rings. The first kappa shape index (κ1) is 11.8. The summed E-state index contributed by atoms with van der Waals surface area (Å²) in [5, 5.41) is 7.38. The minimum absolute atomic E-state index is 0.443. The van der Waals surface area contributed by atoms with Crippen LogP contribution in [0.1, 0.15) is 35.6 Å². The molecule has 0 fully saturated rings. The topological polar surface area (TPSA) is 24.1 Å². The Bertz CT molecular complexity index is 619. The van der Waals surface area contributed by atoms with Crippen LogP contribution >= 0.6 is 0 Å². The number of nitrogens with one attached hydrogen (secondary N) is 2. The summed E-state index contributed by atoms with van der Waals surface area (Å²) < 4.78 is 0. The molecule has 20 heavy (non-hydrogen) atoms. The summed E-state index contributed by atoms with van der Waals surface area (Å²) in [7, 11) is 0. The molecule has 2 N–H and O–H groups in total. The number of hydrogen-bond acceptors (Lipinski definition) is 2. The van der Waals surface area contributed by atoms with Crippen molar-refractivity contribution in [3.8, 4) is 0 Å². The summed E-state index contributed by atoms with van der Waals surface area (Å²) in [6.45, 7) is 1.10. The van der Waals surface area contributed by atoms with Crippen LogP contribution < -0.4 is 10.6 Å². The van der Waals surface area contributed by atoms with E-state index in [0.717, 1.165) is 13.0 Å². The lowest BCUT2D eigenvalue weighted by atomic mass is 9.90. The Labute approximate surface area is 120 Å². The third-order valence-electron chi connectivity index (χ3n) is 4.53. The van der Waals surface area contributed by atoms with Crippen molar-refractivity contribution >= 4 is 11.4 Å². The number of hydrogen-bond donors (Lipinski definition) is 2. The second kappa shape index (κ2) is 4.86. The Hall–Kier alpha value is -1.96. The Kier molecular flexibility index (Phi) is 2.87. The predicted octanol–water partition coefficient (Wildman–Crippen LogP) is 4.14. The summed E-state index contributed by atoms with van der Waals surface area (Å²) in [4.78, 5) is 0. The van der Waals surface area contributed by atoms with Crippen molar-refractivity contribution in [2.45, 2.75) is 31.7 Å². The molecule has 2 aliphatic rings. The summed E-state index contributed by atoms with van der Waals surface area (Å²) in [5.74, 6) is 0. The SMILES string of the molecule is c1ccc(C2CCc3ccc4c(c3N2)NCCC4)cc1. The molecule has 1 atom stereocenters. The van der Waals surface area contributed by atoms with Crippen LogP contribution in [-0.2, 0) is 12.8 Å². The molecule has 2 heterocycles. The van der Waals surface area contributed by atoms with Gasteiger partial charge in [0, 0.05) is 6.54 Å². The number of anilines is 2. The highest BCUT2D eigenvalue weighted by molar-refractivity contribution is 5.78. The minimum Gasteiger partial charge on any atom is -0.383 e. The molecule has 0 radical (unpaired) electrons. The molecule has 1 unspecified atom stereocenters. The molecule has 4 rings (SSSR count). The molecule has 0 spiro atoms. The van der Waals surface area contributed by atoms with Crippen molar-refractivity contribution in [2.24, 2.45) is 0 Å². The number of rotatable bonds is 1. The zero-order valence-electron chi connectivity index (χ0n) is 11.7. The summed E-state index contributed by atoms with van der Waals surface area (Å²) in [5.41, 5.74) is 7.03. The van der Waals surface area contributed by atoms with Crippen LogP contribution in [-0.4, -0.2) is 6.54 Å². The molecule has 0 amide bonds. The van der Waals surface area contributed by atoms with E-state index in [1.54, 1.807) is 0 Å². The molecule has 0 aromatic heterocycles. The molecular weight excluding hydrogens is 244 g/mol. The van der Waals surface area contributed by atoms with Crippen LogP contribution in [0.25, 0.3) is 0 Å². The third-order valence-corrected chi connectivity index (χ3v) is 4.53. The fourth-order valence-electron chi connectivity index (χ4n) is 3.45. The number of benzene rings is 2. The molecule has 0 aliphatic carbocycles. The quantitative estimate of drug-likeness (QED) is 0.808. The number of aryl methyl sites for hydroxylation is 2. The van der Waals surface area contributed by atoms with Gasteiger partial charge in [-0.3, -0.25) is 0 Å². The average molecular weight is 264 g/mol. The zero-order valence-corrected chi connectivity index (χ0v) is 11.7. The Morgan fingerprint density at radius 2 is 1.65 bits per heavy atom. The van der Waals surface area contributed by atoms with Crippen LogP contribution in [0.2, 0.25) is 0 Å². The van der Waals surface area contributed by atoms with Crippen LogP contribution in [0.5, 0.6) is 0 Å². The van der Waals surface area contributed by atoms with Crippen molar-refractivity contribution in [2.75, 3.05) is 17.2 Å². The van der Waals surface area contributed by atoms with Gasteiger partial charge in [-0.15, -0.1) is 0 Å². The molecule has 0 bridgehead atoms. The van der Waals surface area contributed by atoms with Gasteiger partial charge >= 0.3 is 0 Å². The normalized spacial score (nSPS) is 20.3. The van der Waals surface area contributed by atoms with Gasteiger partial charge in [-0.1, -0.05) is 42.5 Å².